The third-order valence-electron chi connectivity index (χ3n) is 11.0. The number of carbonyl (C=O) groups is 1. The minimum absolute atomic E-state index is 0.168. The van der Waals surface area contributed by atoms with Gasteiger partial charge in [-0.15, -0.1) is 0 Å². The van der Waals surface area contributed by atoms with Crippen LogP contribution in [0.25, 0.3) is 0 Å². The molecule has 37 heavy (non-hydrogen) atoms. The number of rotatable bonds is 4. The predicted molar refractivity (Wildman–Crippen MR) is 147 cm³/mol. The Labute approximate surface area is 225 Å². The van der Waals surface area contributed by atoms with Gasteiger partial charge in [0.15, 0.2) is 0 Å². The van der Waals surface area contributed by atoms with E-state index in [4.69, 9.17) is 0 Å². The van der Waals surface area contributed by atoms with E-state index < -0.39 is 0 Å². The molecule has 0 aromatic carbocycles. The molecule has 0 aromatic rings. The number of carbonyl (C=O) groups excluding carboxylic acids is 1. The summed E-state index contributed by atoms with van der Waals surface area (Å²) >= 11 is 0. The topological polar surface area (TPSA) is 101 Å². The van der Waals surface area contributed by atoms with Gasteiger partial charge in [0.05, 0.1) is 11.5 Å². The van der Waals surface area contributed by atoms with Crippen molar-refractivity contribution in [3.8, 4) is 6.07 Å². The minimum atomic E-state index is -0.339. The molecule has 3 saturated heterocycles. The van der Waals surface area contributed by atoms with Crippen LogP contribution in [0, 0.1) is 57.7 Å². The van der Waals surface area contributed by atoms with Gasteiger partial charge in [-0.05, 0) is 107 Å². The third kappa shape index (κ3) is 5.73. The number of nitrogens with one attached hydrogen (secondary N) is 5. The molecular formula is C30H52N6O. The van der Waals surface area contributed by atoms with Crippen LogP contribution in [-0.4, -0.2) is 49.7 Å². The largest absolute Gasteiger partial charge is 0.352 e. The number of hydrazine groups is 1. The third-order valence-corrected chi connectivity index (χ3v) is 11.0. The zero-order valence-electron chi connectivity index (χ0n) is 23.9. The van der Waals surface area contributed by atoms with Crippen LogP contribution in [0.15, 0.2) is 0 Å². The molecule has 5 fully saturated rings. The van der Waals surface area contributed by atoms with Gasteiger partial charge < -0.3 is 16.0 Å². The Morgan fingerprint density at radius 2 is 1.57 bits per heavy atom. The van der Waals surface area contributed by atoms with Crippen molar-refractivity contribution in [1.29, 1.82) is 5.26 Å². The lowest BCUT2D eigenvalue weighted by atomic mass is 9.60. The zero-order chi connectivity index (χ0) is 26.4. The maximum Gasteiger partial charge on any atom is 0.225 e. The van der Waals surface area contributed by atoms with Gasteiger partial charge in [-0.1, -0.05) is 20.8 Å². The van der Waals surface area contributed by atoms with Gasteiger partial charge in [0.25, 0.3) is 0 Å². The van der Waals surface area contributed by atoms with Crippen LogP contribution in [-0.2, 0) is 4.79 Å². The summed E-state index contributed by atoms with van der Waals surface area (Å²) in [5.74, 6) is 4.18. The van der Waals surface area contributed by atoms with E-state index in [2.05, 4.69) is 46.7 Å². The first-order valence-electron chi connectivity index (χ1n) is 15.2. The summed E-state index contributed by atoms with van der Waals surface area (Å²) in [4.78, 5) is 12.6. The molecule has 0 aromatic heterocycles. The van der Waals surface area contributed by atoms with E-state index in [0.29, 0.717) is 47.7 Å². The van der Waals surface area contributed by atoms with E-state index >= 15 is 0 Å². The molecule has 5 rings (SSSR count). The van der Waals surface area contributed by atoms with E-state index in [-0.39, 0.29) is 22.8 Å². The molecular weight excluding hydrogens is 460 g/mol. The molecule has 5 N–H and O–H groups in total. The SMILES string of the molecule is CC(C)(C)C(=O)NC1CNCC(C2CCC3NCC4NNC(C5CCC(C(C)(C)C#N)CC5)C4C3C2)C1. The highest BCUT2D eigenvalue weighted by Gasteiger charge is 2.52. The quantitative estimate of drug-likeness (QED) is 0.396. The van der Waals surface area contributed by atoms with Gasteiger partial charge >= 0.3 is 0 Å². The van der Waals surface area contributed by atoms with Crippen molar-refractivity contribution in [2.75, 3.05) is 19.6 Å². The summed E-state index contributed by atoms with van der Waals surface area (Å²) in [5, 5.41) is 20.5. The number of nitriles is 1. The Bertz CT molecular complexity index is 853. The summed E-state index contributed by atoms with van der Waals surface area (Å²) < 4.78 is 0. The lowest BCUT2D eigenvalue weighted by molar-refractivity contribution is -0.129. The molecule has 0 spiro atoms. The van der Waals surface area contributed by atoms with E-state index in [1.54, 1.807) is 0 Å². The van der Waals surface area contributed by atoms with Gasteiger partial charge in [-0.25, -0.2) is 0 Å². The average Bonchev–Trinajstić information content (AvgIpc) is 3.33. The maximum absolute atomic E-state index is 12.6. The smallest absolute Gasteiger partial charge is 0.225 e. The number of hydrogen-bond acceptors (Lipinski definition) is 6. The minimum Gasteiger partial charge on any atom is -0.352 e. The van der Waals surface area contributed by atoms with Crippen LogP contribution in [0.5, 0.6) is 0 Å². The molecule has 0 radical (unpaired) electrons. The number of amides is 1. The number of nitrogens with zero attached hydrogens (tertiary/aromatic N) is 1. The number of hydrogen-bond donors (Lipinski definition) is 5. The van der Waals surface area contributed by atoms with Gasteiger partial charge in [0.1, 0.15) is 0 Å². The summed E-state index contributed by atoms with van der Waals surface area (Å²) in [5.41, 5.74) is 6.95. The highest BCUT2D eigenvalue weighted by Crippen LogP contribution is 2.48. The highest BCUT2D eigenvalue weighted by molar-refractivity contribution is 5.81. The number of piperidine rings is 2. The molecule has 7 nitrogen and oxygen atoms in total. The summed E-state index contributed by atoms with van der Waals surface area (Å²) in [7, 11) is 0. The van der Waals surface area contributed by atoms with Crippen LogP contribution in [0.4, 0.5) is 0 Å². The van der Waals surface area contributed by atoms with E-state index in [9.17, 15) is 10.1 Å². The lowest BCUT2D eigenvalue weighted by Crippen LogP contribution is -2.59. The van der Waals surface area contributed by atoms with Crippen molar-refractivity contribution < 1.29 is 4.79 Å². The van der Waals surface area contributed by atoms with Gasteiger partial charge in [0, 0.05) is 42.7 Å². The normalized spacial score (nSPS) is 42.8. The van der Waals surface area contributed by atoms with Gasteiger partial charge in [0.2, 0.25) is 5.91 Å². The van der Waals surface area contributed by atoms with Crippen LogP contribution in [0.3, 0.4) is 0 Å². The summed E-state index contributed by atoms with van der Waals surface area (Å²) in [6.45, 7) is 13.3. The van der Waals surface area contributed by atoms with Crippen LogP contribution in [0.1, 0.15) is 86.0 Å². The fraction of sp³-hybridized carbons (Fsp3) is 0.933. The monoisotopic (exact) mass is 512 g/mol. The zero-order valence-corrected chi connectivity index (χ0v) is 23.9. The Hall–Kier alpha value is -1.20. The summed E-state index contributed by atoms with van der Waals surface area (Å²) in [6.07, 6.45) is 9.86. The van der Waals surface area contributed by atoms with Gasteiger partial charge in [-0.2, -0.15) is 5.26 Å². The van der Waals surface area contributed by atoms with Crippen molar-refractivity contribution in [1.82, 2.24) is 26.8 Å². The molecule has 3 aliphatic heterocycles. The molecule has 7 heteroatoms. The molecule has 208 valence electrons. The second kappa shape index (κ2) is 10.8. The first-order valence-corrected chi connectivity index (χ1v) is 15.2. The fourth-order valence-electron chi connectivity index (χ4n) is 8.59. The van der Waals surface area contributed by atoms with Crippen molar-refractivity contribution in [2.45, 2.75) is 110 Å². The molecule has 1 amide bonds. The van der Waals surface area contributed by atoms with E-state index in [1.807, 2.05) is 20.8 Å². The Morgan fingerprint density at radius 1 is 0.838 bits per heavy atom. The highest BCUT2D eigenvalue weighted by atomic mass is 16.2. The van der Waals surface area contributed by atoms with Crippen LogP contribution < -0.4 is 26.8 Å². The fourth-order valence-corrected chi connectivity index (χ4v) is 8.59. The van der Waals surface area contributed by atoms with E-state index in [1.165, 1.54) is 44.9 Å². The summed E-state index contributed by atoms with van der Waals surface area (Å²) in [6, 6.07) is 4.52. The van der Waals surface area contributed by atoms with Crippen LogP contribution in [0.2, 0.25) is 0 Å². The van der Waals surface area contributed by atoms with Crippen LogP contribution >= 0.6 is 0 Å². The van der Waals surface area contributed by atoms with E-state index in [0.717, 1.165) is 32.0 Å². The Kier molecular flexibility index (Phi) is 7.96. The van der Waals surface area contributed by atoms with Crippen molar-refractivity contribution in [3.63, 3.8) is 0 Å². The molecule has 8 unspecified atom stereocenters. The molecule has 2 saturated carbocycles. The standard InChI is InChI=1S/C30H52N6O/c1-29(2,3)28(37)34-22-12-20(14-32-15-22)19-8-11-24-23(13-19)26-25(16-33-24)35-36-27(26)18-6-9-21(10-7-18)30(4,5)17-31/h18-27,32-33,35-36H,6-16H2,1-5H3,(H,34,37). The predicted octanol–water partition coefficient (Wildman–Crippen LogP) is 3.33. The molecule has 0 bridgehead atoms. The average molecular weight is 513 g/mol. The molecule has 3 heterocycles. The first-order chi connectivity index (χ1) is 17.6. The first kappa shape index (κ1) is 27.4. The number of fused-ring (bicyclic) bond motifs is 3. The second-order valence-electron chi connectivity index (χ2n) is 14.8. The van der Waals surface area contributed by atoms with Crippen molar-refractivity contribution in [3.05, 3.63) is 0 Å². The molecule has 5 aliphatic rings. The Morgan fingerprint density at radius 3 is 2.27 bits per heavy atom. The van der Waals surface area contributed by atoms with Crippen molar-refractivity contribution >= 4 is 5.91 Å². The second-order valence-corrected chi connectivity index (χ2v) is 14.8. The molecule has 2 aliphatic carbocycles. The lowest BCUT2D eigenvalue weighted by Gasteiger charge is -2.50. The molecule has 8 atom stereocenters. The van der Waals surface area contributed by atoms with Crippen molar-refractivity contribution in [2.24, 2.45) is 46.3 Å². The Balaban J connectivity index is 1.22. The maximum atomic E-state index is 12.6. The van der Waals surface area contributed by atoms with Gasteiger partial charge in [-0.3, -0.25) is 15.6 Å².